The van der Waals surface area contributed by atoms with Gasteiger partial charge in [0.25, 0.3) is 5.91 Å². The Morgan fingerprint density at radius 3 is 2.68 bits per heavy atom. The standard InChI is InChI=1S/C17H20N4O4/c1-21-11-14(10-19-21)12-6-13(9-18-8-12)16(24)20-17(7-15(22)23)2-4-25-5-3-17/h6,8-11H,2-5,7H2,1H3,(H,20,24)(H,22,23). The molecule has 1 aliphatic rings. The second kappa shape index (κ2) is 7.02. The topological polar surface area (TPSA) is 106 Å². The van der Waals surface area contributed by atoms with Gasteiger partial charge in [-0.25, -0.2) is 0 Å². The van der Waals surface area contributed by atoms with Crippen molar-refractivity contribution >= 4 is 11.9 Å². The number of amides is 1. The number of ether oxygens (including phenoxy) is 1. The number of hydrogen-bond acceptors (Lipinski definition) is 5. The number of hydrogen-bond donors (Lipinski definition) is 2. The molecule has 0 spiro atoms. The summed E-state index contributed by atoms with van der Waals surface area (Å²) in [5.74, 6) is -1.27. The predicted molar refractivity (Wildman–Crippen MR) is 88.9 cm³/mol. The molecular formula is C17H20N4O4. The van der Waals surface area contributed by atoms with Gasteiger partial charge in [0.2, 0.25) is 0 Å². The highest BCUT2D eigenvalue weighted by Gasteiger charge is 2.36. The van der Waals surface area contributed by atoms with E-state index in [1.54, 1.807) is 23.1 Å². The van der Waals surface area contributed by atoms with Gasteiger partial charge in [-0.15, -0.1) is 0 Å². The van der Waals surface area contributed by atoms with Gasteiger partial charge in [0, 0.05) is 50.0 Å². The number of carbonyl (C=O) groups excluding carboxylic acids is 1. The number of nitrogens with one attached hydrogen (secondary N) is 1. The number of carboxylic acids is 1. The number of aliphatic carboxylic acids is 1. The average Bonchev–Trinajstić information content (AvgIpc) is 3.01. The number of carboxylic acid groups (broad SMARTS) is 1. The minimum atomic E-state index is -0.940. The lowest BCUT2D eigenvalue weighted by molar-refractivity contribution is -0.139. The summed E-state index contributed by atoms with van der Waals surface area (Å²) in [6, 6.07) is 1.73. The summed E-state index contributed by atoms with van der Waals surface area (Å²) >= 11 is 0. The van der Waals surface area contributed by atoms with E-state index in [-0.39, 0.29) is 12.3 Å². The highest BCUT2D eigenvalue weighted by atomic mass is 16.5. The highest BCUT2D eigenvalue weighted by molar-refractivity contribution is 5.95. The van der Waals surface area contributed by atoms with Crippen LogP contribution in [0, 0.1) is 0 Å². The summed E-state index contributed by atoms with van der Waals surface area (Å²) in [6.07, 6.45) is 7.49. The Bertz CT molecular complexity index is 780. The van der Waals surface area contributed by atoms with E-state index in [2.05, 4.69) is 15.4 Å². The van der Waals surface area contributed by atoms with Crippen LogP contribution in [0.4, 0.5) is 0 Å². The lowest BCUT2D eigenvalue weighted by atomic mass is 9.86. The van der Waals surface area contributed by atoms with Gasteiger partial charge in [0.15, 0.2) is 0 Å². The second-order valence-electron chi connectivity index (χ2n) is 6.28. The molecule has 0 aromatic carbocycles. The summed E-state index contributed by atoms with van der Waals surface area (Å²) in [5, 5.41) is 16.2. The summed E-state index contributed by atoms with van der Waals surface area (Å²) in [4.78, 5) is 28.0. The lowest BCUT2D eigenvalue weighted by Gasteiger charge is -2.36. The monoisotopic (exact) mass is 344 g/mol. The van der Waals surface area contributed by atoms with Crippen molar-refractivity contribution in [2.75, 3.05) is 13.2 Å². The normalized spacial score (nSPS) is 16.4. The Morgan fingerprint density at radius 2 is 2.04 bits per heavy atom. The molecule has 2 aromatic heterocycles. The van der Waals surface area contributed by atoms with Crippen molar-refractivity contribution in [2.24, 2.45) is 7.05 Å². The van der Waals surface area contributed by atoms with E-state index in [0.29, 0.717) is 31.6 Å². The van der Waals surface area contributed by atoms with Crippen molar-refractivity contribution in [3.63, 3.8) is 0 Å². The fraction of sp³-hybridized carbons (Fsp3) is 0.412. The van der Waals surface area contributed by atoms with Crippen molar-refractivity contribution in [1.29, 1.82) is 0 Å². The number of aryl methyl sites for hydroxylation is 1. The molecule has 3 rings (SSSR count). The number of nitrogens with zero attached hydrogens (tertiary/aromatic N) is 3. The van der Waals surface area contributed by atoms with Gasteiger partial charge in [-0.05, 0) is 18.9 Å². The first-order chi connectivity index (χ1) is 12.0. The van der Waals surface area contributed by atoms with E-state index < -0.39 is 11.5 Å². The SMILES string of the molecule is Cn1cc(-c2cncc(C(=O)NC3(CC(=O)O)CCOCC3)c2)cn1. The zero-order valence-corrected chi connectivity index (χ0v) is 13.9. The minimum absolute atomic E-state index is 0.127. The Hall–Kier alpha value is -2.74. The van der Waals surface area contributed by atoms with Crippen LogP contribution in [-0.2, 0) is 16.6 Å². The molecule has 0 aliphatic carbocycles. The van der Waals surface area contributed by atoms with Crippen LogP contribution in [0.15, 0.2) is 30.9 Å². The van der Waals surface area contributed by atoms with Gasteiger partial charge in [-0.2, -0.15) is 5.10 Å². The maximum Gasteiger partial charge on any atom is 0.305 e. The van der Waals surface area contributed by atoms with Crippen LogP contribution >= 0.6 is 0 Å². The first kappa shape index (κ1) is 17.1. The van der Waals surface area contributed by atoms with E-state index in [1.807, 2.05) is 13.2 Å². The molecule has 1 amide bonds. The largest absolute Gasteiger partial charge is 0.481 e. The van der Waals surface area contributed by atoms with E-state index >= 15 is 0 Å². The number of pyridine rings is 1. The molecule has 0 radical (unpaired) electrons. The third-order valence-corrected chi connectivity index (χ3v) is 4.36. The van der Waals surface area contributed by atoms with Crippen molar-refractivity contribution in [3.8, 4) is 11.1 Å². The maximum atomic E-state index is 12.7. The zero-order chi connectivity index (χ0) is 17.9. The molecule has 0 bridgehead atoms. The minimum Gasteiger partial charge on any atom is -0.481 e. The average molecular weight is 344 g/mol. The highest BCUT2D eigenvalue weighted by Crippen LogP contribution is 2.26. The third-order valence-electron chi connectivity index (χ3n) is 4.36. The predicted octanol–water partition coefficient (Wildman–Crippen LogP) is 1.24. The molecule has 1 fully saturated rings. The van der Waals surface area contributed by atoms with Crippen molar-refractivity contribution in [1.82, 2.24) is 20.1 Å². The molecule has 1 saturated heterocycles. The summed E-state index contributed by atoms with van der Waals surface area (Å²) in [6.45, 7) is 0.864. The number of aromatic nitrogens is 3. The maximum absolute atomic E-state index is 12.7. The molecule has 132 valence electrons. The van der Waals surface area contributed by atoms with Gasteiger partial charge in [-0.1, -0.05) is 0 Å². The molecule has 1 aliphatic heterocycles. The smallest absolute Gasteiger partial charge is 0.305 e. The second-order valence-corrected chi connectivity index (χ2v) is 6.28. The van der Waals surface area contributed by atoms with Crippen molar-refractivity contribution in [2.45, 2.75) is 24.8 Å². The van der Waals surface area contributed by atoms with E-state index in [0.717, 1.165) is 11.1 Å². The van der Waals surface area contributed by atoms with Crippen LogP contribution in [0.3, 0.4) is 0 Å². The van der Waals surface area contributed by atoms with Crippen LogP contribution in [0.5, 0.6) is 0 Å². The first-order valence-electron chi connectivity index (χ1n) is 8.04. The quantitative estimate of drug-likeness (QED) is 0.845. The molecule has 25 heavy (non-hydrogen) atoms. The molecule has 0 saturated carbocycles. The summed E-state index contributed by atoms with van der Waals surface area (Å²) in [7, 11) is 1.81. The van der Waals surface area contributed by atoms with E-state index in [9.17, 15) is 14.7 Å². The van der Waals surface area contributed by atoms with Crippen LogP contribution in [-0.4, -0.2) is 50.5 Å². The molecule has 2 aromatic rings. The van der Waals surface area contributed by atoms with Gasteiger partial charge in [-0.3, -0.25) is 19.3 Å². The molecule has 8 nitrogen and oxygen atoms in total. The number of carbonyl (C=O) groups is 2. The fourth-order valence-electron chi connectivity index (χ4n) is 3.00. The molecular weight excluding hydrogens is 324 g/mol. The first-order valence-corrected chi connectivity index (χ1v) is 8.04. The lowest BCUT2D eigenvalue weighted by Crippen LogP contribution is -2.53. The Kier molecular flexibility index (Phi) is 4.80. The van der Waals surface area contributed by atoms with Crippen molar-refractivity contribution < 1.29 is 19.4 Å². The summed E-state index contributed by atoms with van der Waals surface area (Å²) in [5.41, 5.74) is 1.24. The third kappa shape index (κ3) is 4.03. The van der Waals surface area contributed by atoms with E-state index in [4.69, 9.17) is 4.74 Å². The van der Waals surface area contributed by atoms with Crippen LogP contribution in [0.1, 0.15) is 29.6 Å². The van der Waals surface area contributed by atoms with Crippen LogP contribution < -0.4 is 5.32 Å². The molecule has 0 unspecified atom stereocenters. The van der Waals surface area contributed by atoms with Gasteiger partial charge >= 0.3 is 5.97 Å². The Balaban J connectivity index is 1.81. The fourth-order valence-corrected chi connectivity index (χ4v) is 3.00. The Morgan fingerprint density at radius 1 is 1.28 bits per heavy atom. The molecule has 3 heterocycles. The summed E-state index contributed by atoms with van der Waals surface area (Å²) < 4.78 is 6.98. The Labute approximate surface area is 144 Å². The molecule has 0 atom stereocenters. The van der Waals surface area contributed by atoms with Crippen molar-refractivity contribution in [3.05, 3.63) is 36.4 Å². The zero-order valence-electron chi connectivity index (χ0n) is 13.9. The van der Waals surface area contributed by atoms with Gasteiger partial charge in [0.05, 0.1) is 23.7 Å². The van der Waals surface area contributed by atoms with E-state index in [1.165, 1.54) is 6.20 Å². The van der Waals surface area contributed by atoms with Gasteiger partial charge < -0.3 is 15.2 Å². The molecule has 8 heteroatoms. The molecule has 2 N–H and O–H groups in total. The number of rotatable bonds is 5. The van der Waals surface area contributed by atoms with Crippen LogP contribution in [0.2, 0.25) is 0 Å². The van der Waals surface area contributed by atoms with Crippen LogP contribution in [0.25, 0.3) is 11.1 Å². The van der Waals surface area contributed by atoms with Gasteiger partial charge in [0.1, 0.15) is 0 Å².